The third kappa shape index (κ3) is 27.8. The largest absolute Gasteiger partial charge is 0.481 e. The molecule has 0 aromatic carbocycles. The molecule has 0 spiro atoms. The van der Waals surface area contributed by atoms with Crippen molar-refractivity contribution in [2.75, 3.05) is 5.75 Å². The number of carboxylic acid groups (broad SMARTS) is 2. The van der Waals surface area contributed by atoms with E-state index in [4.69, 9.17) is 10.2 Å². The summed E-state index contributed by atoms with van der Waals surface area (Å²) in [6.45, 7) is 2.96. The lowest BCUT2D eigenvalue weighted by atomic mass is 10.7. The van der Waals surface area contributed by atoms with Crippen LogP contribution in [0.2, 0.25) is 0 Å². The quantitative estimate of drug-likeness (QED) is 0.404. The summed E-state index contributed by atoms with van der Waals surface area (Å²) < 4.78 is 0. The van der Waals surface area contributed by atoms with E-state index in [1.807, 2.05) is 0 Å². The number of carboxylic acids is 2. The van der Waals surface area contributed by atoms with Crippen molar-refractivity contribution in [3.8, 4) is 0 Å². The van der Waals surface area contributed by atoms with Crippen LogP contribution < -0.4 is 0 Å². The third-order valence-corrected chi connectivity index (χ3v) is 0.580. The van der Waals surface area contributed by atoms with E-state index in [0.29, 0.717) is 0 Å². The predicted octanol–water partition coefficient (Wildman–Crippen LogP) is 0.258. The van der Waals surface area contributed by atoms with Crippen molar-refractivity contribution in [2.45, 2.75) is 0 Å². The number of rotatable bonds is 2. The zero-order valence-electron chi connectivity index (χ0n) is 5.15. The van der Waals surface area contributed by atoms with Crippen LogP contribution in [0.3, 0.4) is 0 Å². The summed E-state index contributed by atoms with van der Waals surface area (Å²) in [5.41, 5.74) is 0. The maximum Gasteiger partial charge on any atom is 0.327 e. The van der Waals surface area contributed by atoms with Gasteiger partial charge in [0.05, 0.1) is 5.75 Å². The summed E-state index contributed by atoms with van der Waals surface area (Å²) in [4.78, 5) is 18.5. The number of hydrogen-bond acceptors (Lipinski definition) is 3. The fraction of sp³-hybridized carbons (Fsp3) is 0.200. The monoisotopic (exact) mass is 164 g/mol. The van der Waals surface area contributed by atoms with Crippen LogP contribution in [0.25, 0.3) is 0 Å². The molecule has 58 valence electrons. The Labute approximate surface area is 63.6 Å². The van der Waals surface area contributed by atoms with Gasteiger partial charge in [-0.1, -0.05) is 6.58 Å². The standard InChI is InChI=1S/C3H4O2.C2H4O2S/c1-2-3(4)5;3-2(4)1-5/h2H,1H2,(H,4,5);5H,1H2,(H,3,4). The van der Waals surface area contributed by atoms with E-state index in [1.54, 1.807) is 0 Å². The summed E-state index contributed by atoms with van der Waals surface area (Å²) in [5.74, 6) is -1.95. The van der Waals surface area contributed by atoms with Crippen molar-refractivity contribution in [3.63, 3.8) is 0 Å². The first kappa shape index (κ1) is 11.8. The lowest BCUT2D eigenvalue weighted by Gasteiger charge is -1.71. The Kier molecular flexibility index (Phi) is 9.46. The molecule has 0 bridgehead atoms. The number of carbonyl (C=O) groups is 2. The fourth-order valence-corrected chi connectivity index (χ4v) is 0. The first-order valence-corrected chi connectivity index (χ1v) is 2.85. The van der Waals surface area contributed by atoms with Crippen molar-refractivity contribution < 1.29 is 19.8 Å². The molecule has 0 rings (SSSR count). The van der Waals surface area contributed by atoms with Crippen LogP contribution in [0.4, 0.5) is 0 Å². The van der Waals surface area contributed by atoms with Gasteiger partial charge in [-0.25, -0.2) is 4.79 Å². The van der Waals surface area contributed by atoms with Crippen LogP contribution in [0.5, 0.6) is 0 Å². The molecule has 5 heteroatoms. The van der Waals surface area contributed by atoms with Crippen molar-refractivity contribution in [1.82, 2.24) is 0 Å². The van der Waals surface area contributed by atoms with Gasteiger partial charge in [-0.15, -0.1) is 0 Å². The van der Waals surface area contributed by atoms with Gasteiger partial charge in [0.25, 0.3) is 0 Å². The summed E-state index contributed by atoms with van der Waals surface area (Å²) in [6.07, 6.45) is 0.833. The second-order valence-electron chi connectivity index (χ2n) is 1.09. The topological polar surface area (TPSA) is 74.6 Å². The summed E-state index contributed by atoms with van der Waals surface area (Å²) >= 11 is 3.42. The van der Waals surface area contributed by atoms with Crippen molar-refractivity contribution in [2.24, 2.45) is 0 Å². The highest BCUT2D eigenvalue weighted by atomic mass is 32.1. The lowest BCUT2D eigenvalue weighted by Crippen LogP contribution is -1.92. The minimum atomic E-state index is -0.981. The average molecular weight is 164 g/mol. The Bertz CT molecular complexity index is 132. The van der Waals surface area contributed by atoms with Crippen molar-refractivity contribution in [1.29, 1.82) is 0 Å². The highest BCUT2D eigenvalue weighted by Gasteiger charge is 1.81. The van der Waals surface area contributed by atoms with E-state index in [9.17, 15) is 9.59 Å². The van der Waals surface area contributed by atoms with Crippen molar-refractivity contribution in [3.05, 3.63) is 12.7 Å². The zero-order valence-corrected chi connectivity index (χ0v) is 6.04. The molecule has 0 amide bonds. The van der Waals surface area contributed by atoms with Crippen LogP contribution in [-0.4, -0.2) is 27.9 Å². The van der Waals surface area contributed by atoms with Gasteiger partial charge in [0.1, 0.15) is 0 Å². The molecule has 0 aromatic rings. The van der Waals surface area contributed by atoms with Crippen LogP contribution in [0.1, 0.15) is 0 Å². The van der Waals surface area contributed by atoms with E-state index in [1.165, 1.54) is 0 Å². The minimum Gasteiger partial charge on any atom is -0.481 e. The van der Waals surface area contributed by atoms with E-state index < -0.39 is 11.9 Å². The van der Waals surface area contributed by atoms with E-state index in [2.05, 4.69) is 19.2 Å². The van der Waals surface area contributed by atoms with Gasteiger partial charge in [0, 0.05) is 6.08 Å². The summed E-state index contributed by atoms with van der Waals surface area (Å²) in [7, 11) is 0. The predicted molar refractivity (Wildman–Crippen MR) is 39.3 cm³/mol. The zero-order chi connectivity index (χ0) is 8.57. The molecule has 10 heavy (non-hydrogen) atoms. The molecule has 4 nitrogen and oxygen atoms in total. The summed E-state index contributed by atoms with van der Waals surface area (Å²) in [6, 6.07) is 0. The molecular formula is C5H8O4S. The van der Waals surface area contributed by atoms with Crippen LogP contribution >= 0.6 is 12.6 Å². The van der Waals surface area contributed by atoms with E-state index in [-0.39, 0.29) is 5.75 Å². The van der Waals surface area contributed by atoms with Gasteiger partial charge in [0.15, 0.2) is 0 Å². The molecule has 0 radical (unpaired) electrons. The molecule has 0 unspecified atom stereocenters. The van der Waals surface area contributed by atoms with Gasteiger partial charge < -0.3 is 10.2 Å². The van der Waals surface area contributed by atoms with E-state index in [0.717, 1.165) is 6.08 Å². The Morgan fingerprint density at radius 1 is 1.50 bits per heavy atom. The molecule has 0 aliphatic heterocycles. The molecule has 0 saturated heterocycles. The number of thiol groups is 1. The smallest absolute Gasteiger partial charge is 0.327 e. The van der Waals surface area contributed by atoms with Gasteiger partial charge in [-0.05, 0) is 0 Å². The van der Waals surface area contributed by atoms with Crippen LogP contribution in [0.15, 0.2) is 12.7 Å². The Hall–Kier alpha value is -0.970. The maximum absolute atomic E-state index is 9.29. The SMILES string of the molecule is C=CC(=O)O.O=C(O)CS. The van der Waals surface area contributed by atoms with Gasteiger partial charge in [0.2, 0.25) is 0 Å². The Balaban J connectivity index is 0. The fourth-order valence-electron chi connectivity index (χ4n) is 0. The molecule has 0 atom stereocenters. The molecule has 0 fully saturated rings. The van der Waals surface area contributed by atoms with Gasteiger partial charge in [-0.2, -0.15) is 12.6 Å². The van der Waals surface area contributed by atoms with Crippen LogP contribution in [-0.2, 0) is 9.59 Å². The van der Waals surface area contributed by atoms with Gasteiger partial charge in [-0.3, -0.25) is 4.79 Å². The Morgan fingerprint density at radius 2 is 1.70 bits per heavy atom. The third-order valence-electron chi connectivity index (χ3n) is 0.310. The second kappa shape index (κ2) is 8.03. The molecule has 0 aliphatic carbocycles. The molecule has 0 aliphatic rings. The first-order valence-electron chi connectivity index (χ1n) is 2.22. The lowest BCUT2D eigenvalue weighted by molar-refractivity contribution is -0.134. The highest BCUT2D eigenvalue weighted by Crippen LogP contribution is 1.66. The second-order valence-corrected chi connectivity index (χ2v) is 1.41. The summed E-state index contributed by atoms with van der Waals surface area (Å²) in [5, 5.41) is 15.2. The molecule has 0 aromatic heterocycles. The van der Waals surface area contributed by atoms with Crippen molar-refractivity contribution >= 4 is 24.6 Å². The minimum absolute atomic E-state index is 0.0833. The van der Waals surface area contributed by atoms with E-state index >= 15 is 0 Å². The highest BCUT2D eigenvalue weighted by molar-refractivity contribution is 7.81. The molecule has 0 saturated carbocycles. The molecule has 2 N–H and O–H groups in total. The number of aliphatic carboxylic acids is 2. The number of hydrogen-bond donors (Lipinski definition) is 3. The Morgan fingerprint density at radius 3 is 1.70 bits per heavy atom. The van der Waals surface area contributed by atoms with Gasteiger partial charge >= 0.3 is 11.9 Å². The maximum atomic E-state index is 9.29. The normalized spacial score (nSPS) is 6.90. The molecular weight excluding hydrogens is 156 g/mol. The molecule has 0 heterocycles. The first-order chi connectivity index (χ1) is 4.54. The average Bonchev–Trinajstić information content (AvgIpc) is 1.89. The van der Waals surface area contributed by atoms with Crippen LogP contribution in [0, 0.1) is 0 Å².